The van der Waals surface area contributed by atoms with Gasteiger partial charge in [0.05, 0.1) is 0 Å². The summed E-state index contributed by atoms with van der Waals surface area (Å²) in [5, 5.41) is 0. The van der Waals surface area contributed by atoms with Crippen LogP contribution in [-0.4, -0.2) is 43.4 Å². The van der Waals surface area contributed by atoms with Crippen molar-refractivity contribution in [2.24, 2.45) is 0 Å². The maximum Gasteiger partial charge on any atom is 0.162 e. The molecule has 3 aromatic carbocycles. The molecule has 4 rings (SSSR count). The highest BCUT2D eigenvalue weighted by Gasteiger charge is 2.17. The number of hydrogen-bond donors (Lipinski definition) is 0. The second-order valence-electron chi connectivity index (χ2n) is 7.78. The molecule has 30 heavy (non-hydrogen) atoms. The van der Waals surface area contributed by atoms with Crippen LogP contribution in [0.4, 0.5) is 5.69 Å². The molecule has 154 valence electrons. The van der Waals surface area contributed by atoms with Crippen LogP contribution in [0.1, 0.15) is 23.2 Å². The third-order valence-corrected chi connectivity index (χ3v) is 6.28. The number of halogens is 1. The van der Waals surface area contributed by atoms with Crippen LogP contribution in [-0.2, 0) is 0 Å². The number of ketones is 1. The minimum absolute atomic E-state index is 0.236. The maximum atomic E-state index is 12.6. The molecule has 0 saturated carbocycles. The molecule has 0 bridgehead atoms. The fraction of sp³-hybridized carbons (Fsp3) is 0.269. The Hall–Kier alpha value is -2.43. The first-order chi connectivity index (χ1) is 14.7. The summed E-state index contributed by atoms with van der Waals surface area (Å²) in [5.74, 6) is 0.236. The largest absolute Gasteiger partial charge is 0.369 e. The zero-order valence-corrected chi connectivity index (χ0v) is 18.7. The average Bonchev–Trinajstić information content (AvgIpc) is 2.81. The second-order valence-corrected chi connectivity index (χ2v) is 8.69. The monoisotopic (exact) mass is 462 g/mol. The van der Waals surface area contributed by atoms with Gasteiger partial charge in [0.25, 0.3) is 0 Å². The molecule has 1 heterocycles. The third-order valence-electron chi connectivity index (χ3n) is 5.76. The van der Waals surface area contributed by atoms with Gasteiger partial charge < -0.3 is 4.90 Å². The van der Waals surface area contributed by atoms with Gasteiger partial charge in [0.1, 0.15) is 0 Å². The zero-order chi connectivity index (χ0) is 20.8. The van der Waals surface area contributed by atoms with Gasteiger partial charge in [0.2, 0.25) is 0 Å². The van der Waals surface area contributed by atoms with Crippen molar-refractivity contribution < 1.29 is 4.79 Å². The first-order valence-electron chi connectivity index (χ1n) is 10.6. The topological polar surface area (TPSA) is 23.6 Å². The Balaban J connectivity index is 1.22. The first kappa shape index (κ1) is 20.8. The van der Waals surface area contributed by atoms with Crippen molar-refractivity contribution in [3.8, 4) is 11.1 Å². The standard InChI is InChI=1S/C26H27BrN2O/c27-24-14-12-22(13-15-24)21-8-10-23(11-9-21)26(30)7-4-16-28-17-19-29(20-18-28)25-5-2-1-3-6-25/h1-3,5-6,8-15H,4,7,16-20H2. The van der Waals surface area contributed by atoms with Gasteiger partial charge in [0.15, 0.2) is 5.78 Å². The molecule has 1 aliphatic rings. The number of anilines is 1. The highest BCUT2D eigenvalue weighted by atomic mass is 79.9. The van der Waals surface area contributed by atoms with Crippen molar-refractivity contribution in [3.63, 3.8) is 0 Å². The lowest BCUT2D eigenvalue weighted by molar-refractivity contribution is 0.0974. The van der Waals surface area contributed by atoms with E-state index in [9.17, 15) is 4.79 Å². The Labute approximate surface area is 187 Å². The summed E-state index contributed by atoms with van der Waals surface area (Å²) in [6.45, 7) is 5.21. The van der Waals surface area contributed by atoms with E-state index in [0.717, 1.165) is 60.3 Å². The Morgan fingerprint density at radius 3 is 2.00 bits per heavy atom. The molecule has 0 amide bonds. The summed E-state index contributed by atoms with van der Waals surface area (Å²) < 4.78 is 1.07. The van der Waals surface area contributed by atoms with Crippen LogP contribution in [0.3, 0.4) is 0 Å². The molecule has 1 aliphatic heterocycles. The van der Waals surface area contributed by atoms with E-state index in [0.29, 0.717) is 6.42 Å². The van der Waals surface area contributed by atoms with E-state index in [-0.39, 0.29) is 5.78 Å². The van der Waals surface area contributed by atoms with Crippen LogP contribution in [0, 0.1) is 0 Å². The molecule has 1 saturated heterocycles. The van der Waals surface area contributed by atoms with Crippen LogP contribution < -0.4 is 4.90 Å². The number of piperazine rings is 1. The highest BCUT2D eigenvalue weighted by Crippen LogP contribution is 2.22. The number of rotatable bonds is 7. The molecule has 0 N–H and O–H groups in total. The summed E-state index contributed by atoms with van der Waals surface area (Å²) in [5.41, 5.74) is 4.41. The van der Waals surface area contributed by atoms with Crippen molar-refractivity contribution in [1.29, 1.82) is 0 Å². The smallest absolute Gasteiger partial charge is 0.162 e. The third kappa shape index (κ3) is 5.38. The van der Waals surface area contributed by atoms with Crippen molar-refractivity contribution >= 4 is 27.4 Å². The van der Waals surface area contributed by atoms with E-state index in [4.69, 9.17) is 0 Å². The Bertz CT molecular complexity index is 947. The van der Waals surface area contributed by atoms with Crippen molar-refractivity contribution in [2.45, 2.75) is 12.8 Å². The van der Waals surface area contributed by atoms with Crippen LogP contribution in [0.15, 0.2) is 83.3 Å². The van der Waals surface area contributed by atoms with Crippen molar-refractivity contribution in [1.82, 2.24) is 4.90 Å². The van der Waals surface area contributed by atoms with Gasteiger partial charge in [-0.05, 0) is 48.4 Å². The van der Waals surface area contributed by atoms with Crippen LogP contribution in [0.25, 0.3) is 11.1 Å². The van der Waals surface area contributed by atoms with Crippen molar-refractivity contribution in [2.75, 3.05) is 37.6 Å². The molecular weight excluding hydrogens is 436 g/mol. The lowest BCUT2D eigenvalue weighted by Gasteiger charge is -2.36. The molecule has 0 radical (unpaired) electrons. The van der Waals surface area contributed by atoms with E-state index < -0.39 is 0 Å². The number of carbonyl (C=O) groups excluding carboxylic acids is 1. The Morgan fingerprint density at radius 2 is 1.37 bits per heavy atom. The van der Waals surface area contributed by atoms with Crippen molar-refractivity contribution in [3.05, 3.63) is 88.9 Å². The van der Waals surface area contributed by atoms with Gasteiger partial charge >= 0.3 is 0 Å². The Kier molecular flexibility index (Phi) is 6.98. The summed E-state index contributed by atoms with van der Waals surface area (Å²) in [6, 6.07) is 26.8. The first-order valence-corrected chi connectivity index (χ1v) is 11.4. The highest BCUT2D eigenvalue weighted by molar-refractivity contribution is 9.10. The lowest BCUT2D eigenvalue weighted by Crippen LogP contribution is -2.46. The SMILES string of the molecule is O=C(CCCN1CCN(c2ccccc2)CC1)c1ccc(-c2ccc(Br)cc2)cc1. The van der Waals surface area contributed by atoms with Gasteiger partial charge in [-0.25, -0.2) is 0 Å². The average molecular weight is 463 g/mol. The van der Waals surface area contributed by atoms with Crippen LogP contribution >= 0.6 is 15.9 Å². The summed E-state index contributed by atoms with van der Waals surface area (Å²) in [7, 11) is 0. The molecule has 3 aromatic rings. The number of carbonyl (C=O) groups is 1. The van der Waals surface area contributed by atoms with E-state index in [1.807, 2.05) is 36.4 Å². The molecule has 4 heteroatoms. The zero-order valence-electron chi connectivity index (χ0n) is 17.1. The molecule has 0 unspecified atom stereocenters. The molecular formula is C26H27BrN2O. The molecule has 0 atom stereocenters. The minimum Gasteiger partial charge on any atom is -0.369 e. The van der Waals surface area contributed by atoms with Gasteiger partial charge in [0, 0.05) is 48.3 Å². The van der Waals surface area contributed by atoms with E-state index >= 15 is 0 Å². The summed E-state index contributed by atoms with van der Waals surface area (Å²) in [6.07, 6.45) is 1.52. The molecule has 0 aliphatic carbocycles. The summed E-state index contributed by atoms with van der Waals surface area (Å²) in [4.78, 5) is 17.5. The number of Topliss-reactive ketones (excluding diaryl/α,β-unsaturated/α-hetero) is 1. The lowest BCUT2D eigenvalue weighted by atomic mass is 10.0. The molecule has 0 aromatic heterocycles. The predicted octanol–water partition coefficient (Wildman–Crippen LogP) is 5.90. The molecule has 0 spiro atoms. The molecule has 1 fully saturated rings. The second kappa shape index (κ2) is 10.1. The van der Waals surface area contributed by atoms with Gasteiger partial charge in [-0.3, -0.25) is 9.69 Å². The number of nitrogens with zero attached hydrogens (tertiary/aromatic N) is 2. The Morgan fingerprint density at radius 1 is 0.767 bits per heavy atom. The number of para-hydroxylation sites is 1. The fourth-order valence-corrected chi connectivity index (χ4v) is 4.23. The summed E-state index contributed by atoms with van der Waals surface area (Å²) >= 11 is 3.46. The van der Waals surface area contributed by atoms with Gasteiger partial charge in [-0.1, -0.05) is 70.5 Å². The van der Waals surface area contributed by atoms with E-state index in [2.05, 4.69) is 68.2 Å². The van der Waals surface area contributed by atoms with Crippen LogP contribution in [0.5, 0.6) is 0 Å². The maximum absolute atomic E-state index is 12.6. The fourth-order valence-electron chi connectivity index (χ4n) is 3.97. The van der Waals surface area contributed by atoms with Gasteiger partial charge in [-0.15, -0.1) is 0 Å². The molecule has 3 nitrogen and oxygen atoms in total. The minimum atomic E-state index is 0.236. The quantitative estimate of drug-likeness (QED) is 0.408. The van der Waals surface area contributed by atoms with Gasteiger partial charge in [-0.2, -0.15) is 0 Å². The number of benzene rings is 3. The predicted molar refractivity (Wildman–Crippen MR) is 128 cm³/mol. The van der Waals surface area contributed by atoms with E-state index in [1.54, 1.807) is 0 Å². The normalized spacial score (nSPS) is 14.6. The van der Waals surface area contributed by atoms with E-state index in [1.165, 1.54) is 5.69 Å². The van der Waals surface area contributed by atoms with Crippen LogP contribution in [0.2, 0.25) is 0 Å². The number of hydrogen-bond acceptors (Lipinski definition) is 3.